The minimum atomic E-state index is -1.14. The van der Waals surface area contributed by atoms with E-state index in [0.29, 0.717) is 24.0 Å². The molecule has 4 heteroatoms. The maximum Gasteiger partial charge on any atom is 0.140 e. The van der Waals surface area contributed by atoms with Crippen LogP contribution in [0.25, 0.3) is 0 Å². The van der Waals surface area contributed by atoms with Crippen molar-refractivity contribution in [3.8, 4) is 0 Å². The van der Waals surface area contributed by atoms with Crippen LogP contribution in [0, 0.1) is 28.6 Å². The monoisotopic (exact) mass is 424 g/mol. The summed E-state index contributed by atoms with van der Waals surface area (Å²) in [6.07, 6.45) is 10.2. The van der Waals surface area contributed by atoms with Gasteiger partial charge >= 0.3 is 0 Å². The molecule has 1 aromatic rings. The fourth-order valence-electron chi connectivity index (χ4n) is 7.21. The number of Topliss-reactive ketones (excluding diaryl/α,β-unsaturated/α-hetero) is 1. The average molecular weight is 425 g/mol. The predicted molar refractivity (Wildman–Crippen MR) is 119 cm³/mol. The van der Waals surface area contributed by atoms with Crippen molar-refractivity contribution in [3.63, 3.8) is 0 Å². The first kappa shape index (κ1) is 20.2. The van der Waals surface area contributed by atoms with Crippen molar-refractivity contribution in [3.05, 3.63) is 53.8 Å². The second kappa shape index (κ2) is 7.19. The van der Waals surface area contributed by atoms with E-state index in [9.17, 15) is 9.00 Å². The zero-order valence-corrected chi connectivity index (χ0v) is 19.0. The first-order chi connectivity index (χ1) is 14.4. The van der Waals surface area contributed by atoms with Gasteiger partial charge in [-0.3, -0.25) is 9.00 Å². The number of methoxy groups -OCH3 is 1. The second-order valence-electron chi connectivity index (χ2n) is 10.2. The van der Waals surface area contributed by atoms with Crippen LogP contribution in [0.15, 0.2) is 58.7 Å². The molecule has 4 aliphatic carbocycles. The van der Waals surface area contributed by atoms with Crippen molar-refractivity contribution in [1.29, 1.82) is 0 Å². The normalized spacial score (nSPS) is 41.1. The van der Waals surface area contributed by atoms with Gasteiger partial charge in [0.25, 0.3) is 0 Å². The zero-order valence-electron chi connectivity index (χ0n) is 18.2. The van der Waals surface area contributed by atoms with Gasteiger partial charge in [-0.15, -0.1) is 0 Å². The van der Waals surface area contributed by atoms with Crippen LogP contribution in [0.5, 0.6) is 0 Å². The summed E-state index contributed by atoms with van der Waals surface area (Å²) in [4.78, 5) is 14.1. The molecular formula is C26H32O3S. The topological polar surface area (TPSA) is 43.4 Å². The second-order valence-corrected chi connectivity index (χ2v) is 11.8. The number of carbonyl (C=O) groups excluding carboxylic acids is 1. The van der Waals surface area contributed by atoms with E-state index in [0.717, 1.165) is 42.8 Å². The van der Waals surface area contributed by atoms with E-state index in [1.165, 1.54) is 5.57 Å². The Balaban J connectivity index is 1.54. The molecule has 1 aromatic carbocycles. The summed E-state index contributed by atoms with van der Waals surface area (Å²) in [5, 5.41) is -0.0649. The first-order valence-electron chi connectivity index (χ1n) is 11.3. The zero-order chi connectivity index (χ0) is 21.1. The quantitative estimate of drug-likeness (QED) is 0.648. The van der Waals surface area contributed by atoms with Gasteiger partial charge < -0.3 is 4.74 Å². The highest BCUT2D eigenvalue weighted by Crippen LogP contribution is 2.64. The third kappa shape index (κ3) is 2.82. The van der Waals surface area contributed by atoms with Crippen LogP contribution in [0.3, 0.4) is 0 Å². The highest BCUT2D eigenvalue weighted by Gasteiger charge is 2.62. The van der Waals surface area contributed by atoms with Crippen molar-refractivity contribution in [2.24, 2.45) is 28.6 Å². The van der Waals surface area contributed by atoms with Crippen molar-refractivity contribution in [2.75, 3.05) is 7.11 Å². The minimum absolute atomic E-state index is 0.0649. The van der Waals surface area contributed by atoms with E-state index in [1.807, 2.05) is 30.3 Å². The molecule has 7 atom stereocenters. The summed E-state index contributed by atoms with van der Waals surface area (Å²) >= 11 is 0. The highest BCUT2D eigenvalue weighted by atomic mass is 32.2. The SMILES string of the molecule is COC1=CC2=CC[C@@H]3[C@H](CC[C@]4(C)C(=O)CC(S(=O)c5ccccc5)[C@@H]34)[C@@]2(C)CC1. The molecule has 0 bridgehead atoms. The molecule has 0 saturated heterocycles. The smallest absolute Gasteiger partial charge is 0.140 e. The summed E-state index contributed by atoms with van der Waals surface area (Å²) in [5.41, 5.74) is 1.23. The molecule has 160 valence electrons. The number of carbonyl (C=O) groups is 1. The summed E-state index contributed by atoms with van der Waals surface area (Å²) in [5.74, 6) is 2.60. The molecule has 5 rings (SSSR count). The van der Waals surface area contributed by atoms with Gasteiger partial charge in [-0.1, -0.05) is 38.1 Å². The van der Waals surface area contributed by atoms with Crippen LogP contribution >= 0.6 is 0 Å². The molecule has 0 spiro atoms. The summed E-state index contributed by atoms with van der Waals surface area (Å²) in [6, 6.07) is 9.76. The lowest BCUT2D eigenvalue weighted by atomic mass is 9.49. The van der Waals surface area contributed by atoms with Crippen molar-refractivity contribution in [1.82, 2.24) is 0 Å². The van der Waals surface area contributed by atoms with Gasteiger partial charge in [0.05, 0.1) is 28.9 Å². The van der Waals surface area contributed by atoms with E-state index < -0.39 is 10.8 Å². The lowest BCUT2D eigenvalue weighted by Crippen LogP contribution is -2.51. The number of hydrogen-bond donors (Lipinski definition) is 0. The largest absolute Gasteiger partial charge is 0.501 e. The van der Waals surface area contributed by atoms with Gasteiger partial charge in [0.1, 0.15) is 5.78 Å². The standard InChI is InChI=1S/C26H32O3S/c1-25-13-11-18(29-3)15-17(25)9-10-20-21(25)12-14-26(2)23(27)16-22(24(20)26)30(28)19-7-5-4-6-8-19/h4-9,15,20-22,24H,10-14,16H2,1-3H3/t20-,21+,22?,24-,25+,26-,30?/m1/s1. The van der Waals surface area contributed by atoms with Crippen LogP contribution in [0.1, 0.15) is 52.4 Å². The van der Waals surface area contributed by atoms with Crippen molar-refractivity contribution < 1.29 is 13.7 Å². The molecule has 0 amide bonds. The molecule has 2 fully saturated rings. The Kier molecular flexibility index (Phi) is 4.85. The van der Waals surface area contributed by atoms with Crippen molar-refractivity contribution >= 4 is 16.6 Å². The molecule has 2 saturated carbocycles. The minimum Gasteiger partial charge on any atom is -0.501 e. The lowest BCUT2D eigenvalue weighted by Gasteiger charge is -2.56. The lowest BCUT2D eigenvalue weighted by molar-refractivity contribution is -0.131. The van der Waals surface area contributed by atoms with Gasteiger partial charge in [0.15, 0.2) is 0 Å². The molecule has 0 N–H and O–H groups in total. The third-order valence-electron chi connectivity index (χ3n) is 8.92. The van der Waals surface area contributed by atoms with Gasteiger partial charge in [0, 0.05) is 23.2 Å². The molecule has 0 aromatic heterocycles. The summed E-state index contributed by atoms with van der Waals surface area (Å²) in [6.45, 7) is 4.59. The number of rotatable bonds is 3. The Bertz CT molecular complexity index is 948. The number of hydrogen-bond acceptors (Lipinski definition) is 3. The van der Waals surface area contributed by atoms with Gasteiger partial charge in [-0.05, 0) is 72.6 Å². The predicted octanol–water partition coefficient (Wildman–Crippen LogP) is 5.44. The molecule has 0 aliphatic heterocycles. The molecule has 0 radical (unpaired) electrons. The number of ether oxygens (including phenoxy) is 1. The maximum absolute atomic E-state index is 13.6. The van der Waals surface area contributed by atoms with Crippen molar-refractivity contribution in [2.45, 2.75) is 62.5 Å². The van der Waals surface area contributed by atoms with E-state index in [-0.39, 0.29) is 22.0 Å². The van der Waals surface area contributed by atoms with E-state index in [2.05, 4.69) is 26.0 Å². The molecule has 2 unspecified atom stereocenters. The third-order valence-corrected chi connectivity index (χ3v) is 10.7. The van der Waals surface area contributed by atoms with Crippen LogP contribution < -0.4 is 0 Å². The Morgan fingerprint density at radius 3 is 2.60 bits per heavy atom. The van der Waals surface area contributed by atoms with E-state index in [4.69, 9.17) is 4.74 Å². The molecule has 3 nitrogen and oxygen atoms in total. The average Bonchev–Trinajstić information content (AvgIpc) is 3.04. The van der Waals surface area contributed by atoms with Gasteiger partial charge in [0.2, 0.25) is 0 Å². The highest BCUT2D eigenvalue weighted by molar-refractivity contribution is 7.85. The molecular weight excluding hydrogens is 392 g/mol. The summed E-state index contributed by atoms with van der Waals surface area (Å²) < 4.78 is 19.2. The van der Waals surface area contributed by atoms with Gasteiger partial charge in [-0.25, -0.2) is 0 Å². The number of ketones is 1. The van der Waals surface area contributed by atoms with Crippen LogP contribution in [0.2, 0.25) is 0 Å². The Labute approximate surface area is 182 Å². The summed E-state index contributed by atoms with van der Waals surface area (Å²) in [7, 11) is 0.622. The van der Waals surface area contributed by atoms with E-state index >= 15 is 0 Å². The number of allylic oxidation sites excluding steroid dienone is 4. The number of benzene rings is 1. The molecule has 4 aliphatic rings. The first-order valence-corrected chi connectivity index (χ1v) is 12.5. The number of fused-ring (bicyclic) bond motifs is 5. The van der Waals surface area contributed by atoms with Crippen LogP contribution in [0.4, 0.5) is 0 Å². The molecule has 0 heterocycles. The van der Waals surface area contributed by atoms with Crippen LogP contribution in [-0.4, -0.2) is 22.4 Å². The fraction of sp³-hybridized carbons (Fsp3) is 0.577. The Morgan fingerprint density at radius 2 is 1.87 bits per heavy atom. The van der Waals surface area contributed by atoms with Gasteiger partial charge in [-0.2, -0.15) is 0 Å². The van der Waals surface area contributed by atoms with E-state index in [1.54, 1.807) is 7.11 Å². The molecule has 30 heavy (non-hydrogen) atoms. The Morgan fingerprint density at radius 1 is 1.10 bits per heavy atom. The fourth-order valence-corrected chi connectivity index (χ4v) is 9.05. The maximum atomic E-state index is 13.6. The Hall–Kier alpha value is -1.68. The van der Waals surface area contributed by atoms with Crippen LogP contribution in [-0.2, 0) is 20.3 Å².